The zero-order chi connectivity index (χ0) is 25.9. The first-order chi connectivity index (χ1) is 17.7. The summed E-state index contributed by atoms with van der Waals surface area (Å²) < 4.78 is 20.4. The third-order valence-corrected chi connectivity index (χ3v) is 7.36. The minimum absolute atomic E-state index is 0.134. The number of nitrogens with zero attached hydrogens (tertiary/aromatic N) is 3. The van der Waals surface area contributed by atoms with E-state index in [4.69, 9.17) is 4.74 Å². The van der Waals surface area contributed by atoms with Crippen LogP contribution in [0.15, 0.2) is 53.3 Å². The minimum atomic E-state index is -0.536. The number of carbonyl (C=O) groups is 1. The van der Waals surface area contributed by atoms with Crippen LogP contribution in [0.3, 0.4) is 0 Å². The van der Waals surface area contributed by atoms with Crippen molar-refractivity contribution in [2.75, 3.05) is 13.1 Å². The maximum Gasteiger partial charge on any atom is 0.410 e. The van der Waals surface area contributed by atoms with Crippen molar-refractivity contribution < 1.29 is 13.9 Å². The predicted molar refractivity (Wildman–Crippen MR) is 137 cm³/mol. The molecule has 37 heavy (non-hydrogen) atoms. The molecule has 4 aromatic rings. The lowest BCUT2D eigenvalue weighted by Crippen LogP contribution is -2.37. The van der Waals surface area contributed by atoms with E-state index < -0.39 is 5.60 Å². The Bertz CT molecular complexity index is 1480. The van der Waals surface area contributed by atoms with Gasteiger partial charge < -0.3 is 14.6 Å². The van der Waals surface area contributed by atoms with Crippen molar-refractivity contribution in [3.05, 3.63) is 81.5 Å². The number of likely N-dealkylation sites (tertiary alicyclic amines) is 1. The third-order valence-electron chi connectivity index (χ3n) is 7.36. The normalized spacial score (nSPS) is 20.9. The molecule has 0 spiro atoms. The van der Waals surface area contributed by atoms with E-state index in [1.807, 2.05) is 45.0 Å². The van der Waals surface area contributed by atoms with Gasteiger partial charge in [-0.05, 0) is 75.3 Å². The summed E-state index contributed by atoms with van der Waals surface area (Å²) in [5.41, 5.74) is 3.56. The second-order valence-electron chi connectivity index (χ2n) is 11.1. The Hall–Kier alpha value is -3.88. The van der Waals surface area contributed by atoms with E-state index in [0.29, 0.717) is 37.4 Å². The number of imidazole rings is 1. The number of ether oxygens (including phenoxy) is 1. The van der Waals surface area contributed by atoms with Gasteiger partial charge in [0, 0.05) is 30.3 Å². The SMILES string of the molecule is CC(C)(C)OC(=O)N1CC2C(C1)C2c1[nH]n(-c2nc3ccccc3[nH]2)c(=O)c1CCc1ccc(F)cc1. The average Bonchev–Trinajstić information content (AvgIpc) is 3.20. The lowest BCUT2D eigenvalue weighted by Gasteiger charge is -2.25. The van der Waals surface area contributed by atoms with Gasteiger partial charge in [0.2, 0.25) is 5.95 Å². The number of piperidine rings is 1. The van der Waals surface area contributed by atoms with E-state index in [-0.39, 0.29) is 35.2 Å². The third kappa shape index (κ3) is 4.43. The first-order valence-corrected chi connectivity index (χ1v) is 12.7. The Morgan fingerprint density at radius 1 is 1.08 bits per heavy atom. The molecule has 2 N–H and O–H groups in total. The number of hydrogen-bond donors (Lipinski definition) is 2. The standard InChI is InChI=1S/C28H30FN5O3/c1-28(2,3)37-27(36)33-14-19-20(15-33)23(19)24-18(13-10-16-8-11-17(29)12-9-16)25(35)34(32-24)26-30-21-6-4-5-7-22(21)31-26/h4-9,11-12,19-20,23,32H,10,13-15H2,1-3H3,(H,30,31). The molecule has 1 saturated heterocycles. The van der Waals surface area contributed by atoms with Crippen molar-refractivity contribution in [3.8, 4) is 5.95 Å². The number of amides is 1. The molecule has 1 aliphatic heterocycles. The van der Waals surface area contributed by atoms with E-state index in [1.165, 1.54) is 16.8 Å². The zero-order valence-electron chi connectivity index (χ0n) is 21.1. The summed E-state index contributed by atoms with van der Waals surface area (Å²) in [6.45, 7) is 6.81. The van der Waals surface area contributed by atoms with E-state index in [1.54, 1.807) is 17.0 Å². The van der Waals surface area contributed by atoms with Crippen molar-refractivity contribution >= 4 is 17.1 Å². The Morgan fingerprint density at radius 2 is 1.78 bits per heavy atom. The molecule has 1 aliphatic carbocycles. The predicted octanol–water partition coefficient (Wildman–Crippen LogP) is 4.55. The van der Waals surface area contributed by atoms with Crippen molar-refractivity contribution in [1.29, 1.82) is 0 Å². The van der Waals surface area contributed by atoms with Gasteiger partial charge in [0.25, 0.3) is 5.56 Å². The summed E-state index contributed by atoms with van der Waals surface area (Å²) >= 11 is 0. The maximum absolute atomic E-state index is 13.7. The Labute approximate surface area is 213 Å². The van der Waals surface area contributed by atoms with Gasteiger partial charge in [-0.3, -0.25) is 9.89 Å². The van der Waals surface area contributed by atoms with E-state index >= 15 is 0 Å². The number of aromatic nitrogens is 4. The summed E-state index contributed by atoms with van der Waals surface area (Å²) in [5.74, 6) is 0.888. The van der Waals surface area contributed by atoms with Gasteiger partial charge in [-0.25, -0.2) is 14.2 Å². The van der Waals surface area contributed by atoms with Crippen molar-refractivity contribution in [2.24, 2.45) is 11.8 Å². The van der Waals surface area contributed by atoms with Crippen LogP contribution < -0.4 is 5.56 Å². The molecule has 2 aromatic heterocycles. The van der Waals surface area contributed by atoms with Crippen LogP contribution in [0.1, 0.15) is 43.5 Å². The number of aromatic amines is 2. The molecule has 2 fully saturated rings. The summed E-state index contributed by atoms with van der Waals surface area (Å²) in [4.78, 5) is 35.8. The molecule has 0 radical (unpaired) electrons. The Kier molecular flexibility index (Phi) is 5.47. The van der Waals surface area contributed by atoms with Crippen molar-refractivity contribution in [1.82, 2.24) is 24.6 Å². The van der Waals surface area contributed by atoms with Crippen LogP contribution in [0.2, 0.25) is 0 Å². The fourth-order valence-corrected chi connectivity index (χ4v) is 5.55. The highest BCUT2D eigenvalue weighted by atomic mass is 19.1. The van der Waals surface area contributed by atoms with Crippen LogP contribution >= 0.6 is 0 Å². The second kappa shape index (κ2) is 8.61. The number of fused-ring (bicyclic) bond motifs is 2. The second-order valence-corrected chi connectivity index (χ2v) is 11.1. The molecular formula is C28H30FN5O3. The lowest BCUT2D eigenvalue weighted by atomic mass is 10.0. The number of para-hydroxylation sites is 2. The molecule has 2 unspecified atom stereocenters. The average molecular weight is 504 g/mol. The quantitative estimate of drug-likeness (QED) is 0.418. The molecule has 3 heterocycles. The molecule has 192 valence electrons. The van der Waals surface area contributed by atoms with Gasteiger partial charge in [0.1, 0.15) is 11.4 Å². The molecule has 9 heteroatoms. The highest BCUT2D eigenvalue weighted by Crippen LogP contribution is 2.58. The van der Waals surface area contributed by atoms with Crippen LogP contribution in [0.25, 0.3) is 17.0 Å². The van der Waals surface area contributed by atoms with Crippen LogP contribution in [0.4, 0.5) is 9.18 Å². The van der Waals surface area contributed by atoms with Gasteiger partial charge in [-0.1, -0.05) is 24.3 Å². The number of hydrogen-bond acceptors (Lipinski definition) is 4. The van der Waals surface area contributed by atoms with Crippen molar-refractivity contribution in [2.45, 2.75) is 45.1 Å². The fraction of sp³-hybridized carbons (Fsp3) is 0.393. The lowest BCUT2D eigenvalue weighted by molar-refractivity contribution is 0.0270. The van der Waals surface area contributed by atoms with Crippen LogP contribution in [-0.4, -0.2) is 49.4 Å². The molecule has 2 aromatic carbocycles. The molecule has 1 saturated carbocycles. The number of benzene rings is 2. The van der Waals surface area contributed by atoms with Crippen LogP contribution in [-0.2, 0) is 17.6 Å². The van der Waals surface area contributed by atoms with Crippen LogP contribution in [0.5, 0.6) is 0 Å². The first kappa shape index (κ1) is 23.5. The van der Waals surface area contributed by atoms with Gasteiger partial charge in [-0.15, -0.1) is 0 Å². The van der Waals surface area contributed by atoms with Gasteiger partial charge >= 0.3 is 6.09 Å². The number of nitrogens with one attached hydrogen (secondary N) is 2. The summed E-state index contributed by atoms with van der Waals surface area (Å²) in [7, 11) is 0. The zero-order valence-corrected chi connectivity index (χ0v) is 21.1. The van der Waals surface area contributed by atoms with E-state index in [0.717, 1.165) is 22.3 Å². The van der Waals surface area contributed by atoms with Gasteiger partial charge in [-0.2, -0.15) is 4.68 Å². The molecule has 8 nitrogen and oxygen atoms in total. The highest BCUT2D eigenvalue weighted by Gasteiger charge is 2.59. The van der Waals surface area contributed by atoms with E-state index in [9.17, 15) is 14.0 Å². The monoisotopic (exact) mass is 503 g/mol. The smallest absolute Gasteiger partial charge is 0.410 e. The summed E-state index contributed by atoms with van der Waals surface area (Å²) in [6, 6.07) is 14.0. The summed E-state index contributed by atoms with van der Waals surface area (Å²) in [6.07, 6.45) is 0.852. The van der Waals surface area contributed by atoms with Crippen LogP contribution in [0, 0.1) is 17.7 Å². The van der Waals surface area contributed by atoms with E-state index in [2.05, 4.69) is 15.1 Å². The van der Waals surface area contributed by atoms with Gasteiger partial charge in [0.15, 0.2) is 0 Å². The fourth-order valence-electron chi connectivity index (χ4n) is 5.55. The topological polar surface area (TPSA) is 96.0 Å². The molecule has 2 aliphatic rings. The first-order valence-electron chi connectivity index (χ1n) is 12.7. The maximum atomic E-state index is 13.7. The van der Waals surface area contributed by atoms with Gasteiger partial charge in [0.05, 0.1) is 11.0 Å². The number of carbonyl (C=O) groups excluding carboxylic acids is 1. The molecular weight excluding hydrogens is 473 g/mol. The minimum Gasteiger partial charge on any atom is -0.444 e. The molecule has 1 amide bonds. The largest absolute Gasteiger partial charge is 0.444 e. The number of aryl methyl sites for hydroxylation is 1. The molecule has 0 bridgehead atoms. The Balaban J connectivity index is 1.29. The number of halogens is 1. The Morgan fingerprint density at radius 3 is 2.46 bits per heavy atom. The van der Waals surface area contributed by atoms with Crippen molar-refractivity contribution in [3.63, 3.8) is 0 Å². The molecule has 6 rings (SSSR count). The summed E-state index contributed by atoms with van der Waals surface area (Å²) in [5, 5.41) is 3.36. The highest BCUT2D eigenvalue weighted by molar-refractivity contribution is 5.76. The molecule has 2 atom stereocenters. The number of H-pyrrole nitrogens is 2. The number of rotatable bonds is 5.